The Bertz CT molecular complexity index is 2560. The van der Waals surface area contributed by atoms with Gasteiger partial charge in [0.2, 0.25) is 0 Å². The number of unbranched alkanes of at least 4 members (excludes halogenated alkanes) is 1. The summed E-state index contributed by atoms with van der Waals surface area (Å²) in [5.74, 6) is 2.71. The van der Waals surface area contributed by atoms with Crippen molar-refractivity contribution in [2.45, 2.75) is 307 Å². The van der Waals surface area contributed by atoms with Crippen molar-refractivity contribution in [2.75, 3.05) is 13.2 Å². The predicted octanol–water partition coefficient (Wildman–Crippen LogP) is 14.2. The van der Waals surface area contributed by atoms with Crippen molar-refractivity contribution >= 4 is 51.9 Å². The van der Waals surface area contributed by atoms with Crippen LogP contribution >= 0.6 is 0 Å². The molecular formula is C71H118O17S. The minimum Gasteiger partial charge on any atom is -0.465 e. The Morgan fingerprint density at radius 1 is 0.551 bits per heavy atom. The molecule has 2 aliphatic heterocycles. The van der Waals surface area contributed by atoms with Crippen LogP contribution in [0, 0.1) is 86.3 Å². The van der Waals surface area contributed by atoms with Gasteiger partial charge in [0, 0.05) is 23.7 Å². The molecule has 510 valence electrons. The fourth-order valence-electron chi connectivity index (χ4n) is 15.5. The lowest BCUT2D eigenvalue weighted by Gasteiger charge is -2.62. The van der Waals surface area contributed by atoms with E-state index in [9.17, 15) is 42.0 Å². The topological polar surface area (TPSA) is 227 Å². The smallest absolute Gasteiger partial charge is 0.344 e. The third-order valence-corrected chi connectivity index (χ3v) is 25.4. The first-order valence-electron chi connectivity index (χ1n) is 34.7. The highest BCUT2D eigenvalue weighted by atomic mass is 32.2. The fraction of sp³-hybridized carbons (Fsp3) is 0.901. The monoisotopic (exact) mass is 1270 g/mol. The second-order valence-electron chi connectivity index (χ2n) is 31.8. The second-order valence-corrected chi connectivity index (χ2v) is 33.6. The van der Waals surface area contributed by atoms with Gasteiger partial charge in [-0.3, -0.25) is 33.0 Å². The molecule has 9 aliphatic carbocycles. The molecule has 0 amide bonds. The van der Waals surface area contributed by atoms with Crippen LogP contribution in [0.15, 0.2) is 0 Å². The number of ether oxygens (including phenoxy) is 7. The Labute approximate surface area is 535 Å². The lowest BCUT2D eigenvalue weighted by atomic mass is 9.47. The van der Waals surface area contributed by atoms with Crippen molar-refractivity contribution in [3.8, 4) is 0 Å². The van der Waals surface area contributed by atoms with Crippen LogP contribution in [0.5, 0.6) is 0 Å². The first kappa shape index (κ1) is 74.2. The zero-order valence-electron chi connectivity index (χ0n) is 58.3. The summed E-state index contributed by atoms with van der Waals surface area (Å²) in [6.07, 6.45) is 19.5. The highest BCUT2D eigenvalue weighted by molar-refractivity contribution is 7.87. The van der Waals surface area contributed by atoms with Gasteiger partial charge in [-0.15, -0.1) is 0 Å². The molecule has 10 atom stereocenters. The zero-order chi connectivity index (χ0) is 66.6. The molecule has 11 fully saturated rings. The van der Waals surface area contributed by atoms with Crippen molar-refractivity contribution in [3.63, 3.8) is 0 Å². The minimum absolute atomic E-state index is 0.0130. The largest absolute Gasteiger partial charge is 0.465 e. The summed E-state index contributed by atoms with van der Waals surface area (Å²) < 4.78 is 67.5. The number of esters is 7. The molecule has 89 heavy (non-hydrogen) atoms. The summed E-state index contributed by atoms with van der Waals surface area (Å²) in [7, 11) is -3.53. The van der Waals surface area contributed by atoms with E-state index in [1.807, 2.05) is 83.1 Å². The molecule has 0 aromatic heterocycles. The maximum absolute atomic E-state index is 12.8. The summed E-state index contributed by atoms with van der Waals surface area (Å²) in [5, 5.41) is -0.448. The minimum atomic E-state index is -3.53. The molecular weight excluding hydrogens is 1160 g/mol. The van der Waals surface area contributed by atoms with Crippen LogP contribution in [-0.4, -0.2) is 104 Å². The number of hydrogen-bond acceptors (Lipinski definition) is 17. The van der Waals surface area contributed by atoms with E-state index in [0.717, 1.165) is 82.5 Å². The maximum Gasteiger partial charge on any atom is 0.344 e. The third kappa shape index (κ3) is 16.4. The SMILES string of the molecule is CCC(C)(C)C(=O)OC1(C(C)C)C2CC3CC(C2)CC1C3.CCC(C)(C)C(=O)OC1C2CC3C(=O)OC1C3C2.CCC(C)(C)C(=O)OCC(=O)OC1C2CC3C1OS(=O)(=O)C3C2.CCC1(OC(=O)C(C)(C)CC)CCCC1.CCCCOC(=O)C(C)(C)CC. The van der Waals surface area contributed by atoms with Crippen molar-refractivity contribution in [2.24, 2.45) is 86.3 Å². The Morgan fingerprint density at radius 2 is 1.01 bits per heavy atom. The van der Waals surface area contributed by atoms with Crippen LogP contribution in [0.25, 0.3) is 0 Å². The molecule has 8 bridgehead atoms. The van der Waals surface area contributed by atoms with Crippen LogP contribution in [0.2, 0.25) is 0 Å². The van der Waals surface area contributed by atoms with Gasteiger partial charge in [0.1, 0.15) is 35.6 Å². The average Bonchev–Trinajstić information content (AvgIpc) is 1.69. The van der Waals surface area contributed by atoms with Gasteiger partial charge in [0.05, 0.1) is 44.8 Å². The van der Waals surface area contributed by atoms with Gasteiger partial charge >= 0.3 is 41.8 Å². The summed E-state index contributed by atoms with van der Waals surface area (Å²) >= 11 is 0. The number of fused-ring (bicyclic) bond motifs is 2. The van der Waals surface area contributed by atoms with Crippen molar-refractivity contribution in [1.29, 1.82) is 0 Å². The first-order valence-corrected chi connectivity index (χ1v) is 36.2. The number of carbonyl (C=O) groups is 7. The Balaban J connectivity index is 0.000000181. The van der Waals surface area contributed by atoms with Crippen LogP contribution in [-0.2, 0) is 81.0 Å². The second kappa shape index (κ2) is 29.2. The zero-order valence-corrected chi connectivity index (χ0v) is 59.1. The van der Waals surface area contributed by atoms with Gasteiger partial charge in [-0.25, -0.2) is 4.79 Å². The quantitative estimate of drug-likeness (QED) is 0.0450. The van der Waals surface area contributed by atoms with Crippen LogP contribution in [0.1, 0.15) is 266 Å². The third-order valence-electron chi connectivity index (χ3n) is 23.6. The van der Waals surface area contributed by atoms with E-state index in [4.69, 9.17) is 37.3 Å². The highest BCUT2D eigenvalue weighted by Gasteiger charge is 2.66. The van der Waals surface area contributed by atoms with E-state index in [-0.39, 0.29) is 87.3 Å². The predicted molar refractivity (Wildman–Crippen MR) is 339 cm³/mol. The van der Waals surface area contributed by atoms with E-state index in [1.54, 1.807) is 13.8 Å². The van der Waals surface area contributed by atoms with E-state index in [2.05, 4.69) is 34.6 Å². The standard InChI is InChI=1S/C19H32O2.C15H22O7S.C14H20O4.C13H24O2.C10H20O2/c1-6-18(4,5)17(20)21-19(12(2)3)15-8-13-7-14(10-15)11-16(19)9-13;1-4-15(2,3)14(17)20-7-11(16)21-12-8-5-9-10(6-8)23(18,19)22-13(9)12;1-4-14(2,3)13(16)18-10-7-5-8-9(6-7)12(15)17-11(8)10;1-5-12(3,4)11(14)15-13(6-2)9-7-8-10-13;1-5-7-8-12-9(11)10(3,4)6-2/h12-16H,6-11H2,1-5H3;8-10,12-13H,4-7H2,1-3H3;7-11H,4-6H2,1-3H3;5-10H2,1-4H3;5-8H2,1-4H3. The van der Waals surface area contributed by atoms with E-state index >= 15 is 0 Å². The van der Waals surface area contributed by atoms with Crippen molar-refractivity contribution in [3.05, 3.63) is 0 Å². The van der Waals surface area contributed by atoms with Gasteiger partial charge in [-0.05, 0) is 227 Å². The molecule has 2 heterocycles. The van der Waals surface area contributed by atoms with Gasteiger partial charge in [-0.2, -0.15) is 8.42 Å². The molecule has 0 radical (unpaired) electrons. The van der Waals surface area contributed by atoms with Crippen LogP contribution in [0.4, 0.5) is 0 Å². The summed E-state index contributed by atoms with van der Waals surface area (Å²) in [4.78, 5) is 83.6. The van der Waals surface area contributed by atoms with Crippen LogP contribution in [0.3, 0.4) is 0 Å². The lowest BCUT2D eigenvalue weighted by molar-refractivity contribution is -0.231. The molecule has 10 unspecified atom stereocenters. The molecule has 18 heteroatoms. The lowest BCUT2D eigenvalue weighted by Crippen LogP contribution is -2.63. The Kier molecular flexibility index (Phi) is 24.4. The van der Waals surface area contributed by atoms with Crippen molar-refractivity contribution < 1.29 is 79.3 Å². The van der Waals surface area contributed by atoms with Crippen molar-refractivity contribution in [1.82, 2.24) is 0 Å². The van der Waals surface area contributed by atoms with Gasteiger partial charge in [-0.1, -0.05) is 68.7 Å². The molecule has 0 spiro atoms. The molecule has 0 N–H and O–H groups in total. The van der Waals surface area contributed by atoms with Gasteiger partial charge in [0.25, 0.3) is 10.1 Å². The highest BCUT2D eigenvalue weighted by Crippen LogP contribution is 2.62. The maximum atomic E-state index is 12.8. The molecule has 11 rings (SSSR count). The molecule has 2 saturated heterocycles. The normalized spacial score (nSPS) is 32.6. The average molecular weight is 1280 g/mol. The Hall–Kier alpha value is -3.80. The van der Waals surface area contributed by atoms with E-state index < -0.39 is 57.0 Å². The number of carbonyl (C=O) groups excluding carboxylic acids is 7. The Morgan fingerprint density at radius 3 is 1.51 bits per heavy atom. The van der Waals surface area contributed by atoms with E-state index in [0.29, 0.717) is 55.5 Å². The molecule has 9 saturated carbocycles. The summed E-state index contributed by atoms with van der Waals surface area (Å²) in [6.45, 7) is 37.9. The van der Waals surface area contributed by atoms with Gasteiger partial charge < -0.3 is 33.2 Å². The van der Waals surface area contributed by atoms with E-state index in [1.165, 1.54) is 44.9 Å². The molecule has 0 aromatic rings. The fourth-order valence-corrected chi connectivity index (χ4v) is 17.3. The molecule has 17 nitrogen and oxygen atoms in total. The number of rotatable bonds is 21. The first-order chi connectivity index (χ1) is 41.4. The summed E-state index contributed by atoms with van der Waals surface area (Å²) in [5.41, 5.74) is -2.40. The summed E-state index contributed by atoms with van der Waals surface area (Å²) in [6, 6.07) is 0. The van der Waals surface area contributed by atoms with Crippen LogP contribution < -0.4 is 0 Å². The van der Waals surface area contributed by atoms with Gasteiger partial charge in [0.15, 0.2) is 6.61 Å². The number of hydrogen-bond donors (Lipinski definition) is 0. The molecule has 0 aromatic carbocycles. The molecule has 11 aliphatic rings.